The first-order valence-electron chi connectivity index (χ1n) is 7.69. The van der Waals surface area contributed by atoms with Crippen LogP contribution in [0.1, 0.15) is 31.2 Å². The molecule has 2 aliphatic rings. The van der Waals surface area contributed by atoms with Crippen LogP contribution in [-0.4, -0.2) is 37.6 Å². The van der Waals surface area contributed by atoms with Gasteiger partial charge in [0.25, 0.3) is 0 Å². The van der Waals surface area contributed by atoms with Crippen LogP contribution in [0.5, 0.6) is 0 Å². The predicted octanol–water partition coefficient (Wildman–Crippen LogP) is 2.51. The summed E-state index contributed by atoms with van der Waals surface area (Å²) in [5, 5.41) is 0. The number of nitrogens with two attached hydrogens (primary N) is 1. The van der Waals surface area contributed by atoms with Crippen LogP contribution in [0, 0.1) is 0 Å². The van der Waals surface area contributed by atoms with E-state index in [1.807, 2.05) is 6.07 Å². The second-order valence-corrected chi connectivity index (χ2v) is 5.85. The molecule has 1 saturated heterocycles. The van der Waals surface area contributed by atoms with Crippen molar-refractivity contribution in [1.82, 2.24) is 4.90 Å². The molecule has 0 amide bonds. The summed E-state index contributed by atoms with van der Waals surface area (Å²) in [6.45, 7) is 6.18. The second kappa shape index (κ2) is 5.83. The third-order valence-electron chi connectivity index (χ3n) is 4.44. The lowest BCUT2D eigenvalue weighted by Crippen LogP contribution is -2.33. The molecule has 1 aromatic carbocycles. The molecule has 1 aromatic rings. The van der Waals surface area contributed by atoms with Crippen molar-refractivity contribution < 1.29 is 0 Å². The molecule has 0 aliphatic carbocycles. The fraction of sp³-hybridized carbons (Fsp3) is 0.625. The van der Waals surface area contributed by atoms with Crippen LogP contribution in [0.25, 0.3) is 0 Å². The summed E-state index contributed by atoms with van der Waals surface area (Å²) in [5.41, 5.74) is 9.88. The zero-order valence-corrected chi connectivity index (χ0v) is 11.8. The minimum Gasteiger partial charge on any atom is -0.397 e. The number of nitrogens with zero attached hydrogens (tertiary/aromatic N) is 2. The largest absolute Gasteiger partial charge is 0.397 e. The van der Waals surface area contributed by atoms with Gasteiger partial charge in [0.1, 0.15) is 0 Å². The lowest BCUT2D eigenvalue weighted by atomic mass is 10.0. The first-order chi connectivity index (χ1) is 9.34. The summed E-state index contributed by atoms with van der Waals surface area (Å²) < 4.78 is 0. The van der Waals surface area contributed by atoms with Crippen LogP contribution in [-0.2, 0) is 6.42 Å². The molecule has 3 heteroatoms. The van der Waals surface area contributed by atoms with Crippen LogP contribution in [0.4, 0.5) is 11.4 Å². The zero-order valence-electron chi connectivity index (χ0n) is 11.8. The monoisotopic (exact) mass is 259 g/mol. The van der Waals surface area contributed by atoms with Crippen molar-refractivity contribution in [2.75, 3.05) is 43.4 Å². The molecule has 3 rings (SSSR count). The molecule has 0 spiro atoms. The van der Waals surface area contributed by atoms with Crippen LogP contribution >= 0.6 is 0 Å². The molecule has 3 nitrogen and oxygen atoms in total. The molecule has 0 unspecified atom stereocenters. The van der Waals surface area contributed by atoms with Crippen LogP contribution in [0.3, 0.4) is 0 Å². The van der Waals surface area contributed by atoms with Gasteiger partial charge in [-0.1, -0.05) is 12.1 Å². The Labute approximate surface area is 116 Å². The average Bonchev–Trinajstić information content (AvgIpc) is 2.92. The highest BCUT2D eigenvalue weighted by Gasteiger charge is 2.19. The van der Waals surface area contributed by atoms with E-state index < -0.39 is 0 Å². The van der Waals surface area contributed by atoms with Gasteiger partial charge < -0.3 is 15.5 Å². The summed E-state index contributed by atoms with van der Waals surface area (Å²) in [6.07, 6.45) is 6.48. The Morgan fingerprint density at radius 3 is 2.68 bits per heavy atom. The Bertz CT molecular complexity index is 424. The molecule has 0 atom stereocenters. The summed E-state index contributed by atoms with van der Waals surface area (Å²) in [6, 6.07) is 6.36. The number of benzene rings is 1. The highest BCUT2D eigenvalue weighted by atomic mass is 15.2. The van der Waals surface area contributed by atoms with E-state index in [-0.39, 0.29) is 0 Å². The number of hydrogen-bond donors (Lipinski definition) is 1. The maximum Gasteiger partial charge on any atom is 0.0632 e. The lowest BCUT2D eigenvalue weighted by Gasteiger charge is -2.33. The number of para-hydroxylation sites is 1. The quantitative estimate of drug-likeness (QED) is 0.843. The Balaban J connectivity index is 1.60. The van der Waals surface area contributed by atoms with Crippen LogP contribution in [0.2, 0.25) is 0 Å². The molecule has 19 heavy (non-hydrogen) atoms. The van der Waals surface area contributed by atoms with E-state index in [0.29, 0.717) is 0 Å². The zero-order chi connectivity index (χ0) is 13.1. The number of nitrogen functional groups attached to an aromatic ring is 1. The number of aryl methyl sites for hydroxylation is 1. The van der Waals surface area contributed by atoms with E-state index in [1.165, 1.54) is 69.5 Å². The molecular formula is C16H25N3. The third kappa shape index (κ3) is 2.86. The molecule has 0 saturated carbocycles. The van der Waals surface area contributed by atoms with E-state index in [2.05, 4.69) is 21.9 Å². The summed E-state index contributed by atoms with van der Waals surface area (Å²) in [5.74, 6) is 0. The van der Waals surface area contributed by atoms with Crippen LogP contribution in [0.15, 0.2) is 18.2 Å². The van der Waals surface area contributed by atoms with E-state index >= 15 is 0 Å². The maximum atomic E-state index is 6.17. The predicted molar refractivity (Wildman–Crippen MR) is 81.7 cm³/mol. The minimum absolute atomic E-state index is 0.957. The van der Waals surface area contributed by atoms with Crippen molar-refractivity contribution in [3.8, 4) is 0 Å². The Hall–Kier alpha value is -1.22. The number of likely N-dealkylation sites (tertiary alicyclic amines) is 1. The van der Waals surface area contributed by atoms with E-state index in [9.17, 15) is 0 Å². The molecule has 2 N–H and O–H groups in total. The highest BCUT2D eigenvalue weighted by molar-refractivity contribution is 5.72. The van der Waals surface area contributed by atoms with Gasteiger partial charge in [-0.25, -0.2) is 0 Å². The van der Waals surface area contributed by atoms with E-state index in [0.717, 1.165) is 12.2 Å². The fourth-order valence-electron chi connectivity index (χ4n) is 3.49. The molecule has 0 aromatic heterocycles. The molecule has 1 fully saturated rings. The van der Waals surface area contributed by atoms with Crippen molar-refractivity contribution in [2.45, 2.75) is 32.1 Å². The number of hydrogen-bond acceptors (Lipinski definition) is 3. The van der Waals surface area contributed by atoms with E-state index in [1.54, 1.807) is 0 Å². The number of rotatable bonds is 4. The Morgan fingerprint density at radius 1 is 1.00 bits per heavy atom. The summed E-state index contributed by atoms with van der Waals surface area (Å²) in [7, 11) is 0. The van der Waals surface area contributed by atoms with Gasteiger partial charge in [-0.15, -0.1) is 0 Å². The van der Waals surface area contributed by atoms with Crippen molar-refractivity contribution in [2.24, 2.45) is 0 Å². The normalized spacial score (nSPS) is 19.7. The van der Waals surface area contributed by atoms with Gasteiger partial charge in [0.2, 0.25) is 0 Å². The maximum absolute atomic E-state index is 6.17. The second-order valence-electron chi connectivity index (χ2n) is 5.85. The highest BCUT2D eigenvalue weighted by Crippen LogP contribution is 2.32. The standard InChI is InChI=1S/C16H25N3/c17-15-8-3-6-14-7-4-12-19(16(14)15)13-5-11-18-9-1-2-10-18/h3,6,8H,1-2,4-5,7,9-13,17H2. The summed E-state index contributed by atoms with van der Waals surface area (Å²) in [4.78, 5) is 5.10. The first kappa shape index (κ1) is 12.8. The number of fused-ring (bicyclic) bond motifs is 1. The first-order valence-corrected chi connectivity index (χ1v) is 7.69. The van der Waals surface area contributed by atoms with Gasteiger partial charge in [0.05, 0.1) is 11.4 Å². The third-order valence-corrected chi connectivity index (χ3v) is 4.44. The lowest BCUT2D eigenvalue weighted by molar-refractivity contribution is 0.334. The average molecular weight is 259 g/mol. The molecule has 0 bridgehead atoms. The van der Waals surface area contributed by atoms with Crippen molar-refractivity contribution >= 4 is 11.4 Å². The number of anilines is 2. The van der Waals surface area contributed by atoms with Gasteiger partial charge in [-0.3, -0.25) is 0 Å². The Morgan fingerprint density at radius 2 is 1.84 bits per heavy atom. The molecular weight excluding hydrogens is 234 g/mol. The smallest absolute Gasteiger partial charge is 0.0632 e. The van der Waals surface area contributed by atoms with Crippen molar-refractivity contribution in [3.05, 3.63) is 23.8 Å². The van der Waals surface area contributed by atoms with E-state index in [4.69, 9.17) is 5.73 Å². The Kier molecular flexibility index (Phi) is 3.92. The van der Waals surface area contributed by atoms with Gasteiger partial charge in [0.15, 0.2) is 0 Å². The molecule has 0 radical (unpaired) electrons. The van der Waals surface area contributed by atoms with Gasteiger partial charge in [-0.2, -0.15) is 0 Å². The van der Waals surface area contributed by atoms with Crippen molar-refractivity contribution in [3.63, 3.8) is 0 Å². The molecule has 104 valence electrons. The molecule has 2 heterocycles. The van der Waals surface area contributed by atoms with Gasteiger partial charge in [-0.05, 0) is 63.4 Å². The van der Waals surface area contributed by atoms with Crippen molar-refractivity contribution in [1.29, 1.82) is 0 Å². The SMILES string of the molecule is Nc1cccc2c1N(CCCN1CCCC1)CCC2. The van der Waals surface area contributed by atoms with Crippen LogP contribution < -0.4 is 10.6 Å². The van der Waals surface area contributed by atoms with Gasteiger partial charge >= 0.3 is 0 Å². The topological polar surface area (TPSA) is 32.5 Å². The molecule has 2 aliphatic heterocycles. The summed E-state index contributed by atoms with van der Waals surface area (Å²) >= 11 is 0. The van der Waals surface area contributed by atoms with Gasteiger partial charge in [0, 0.05) is 13.1 Å². The fourth-order valence-corrected chi connectivity index (χ4v) is 3.49. The minimum atomic E-state index is 0.957.